The van der Waals surface area contributed by atoms with E-state index in [2.05, 4.69) is 0 Å². The lowest BCUT2D eigenvalue weighted by atomic mass is 10.2. The van der Waals surface area contributed by atoms with Crippen molar-refractivity contribution in [1.29, 1.82) is 0 Å². The molecule has 0 aliphatic rings. The molecule has 0 unspecified atom stereocenters. The van der Waals surface area contributed by atoms with E-state index < -0.39 is 18.0 Å². The molecule has 5 nitrogen and oxygen atoms in total. The quantitative estimate of drug-likeness (QED) is 0.478. The third-order valence-electron chi connectivity index (χ3n) is 0.917. The first kappa shape index (κ1) is 5.67. The van der Waals surface area contributed by atoms with Crippen molar-refractivity contribution in [2.45, 2.75) is 18.9 Å². The van der Waals surface area contributed by atoms with Crippen LogP contribution in [0.4, 0.5) is 0 Å². The Bertz CT molecular complexity index is 184. The van der Waals surface area contributed by atoms with Gasteiger partial charge in [-0.15, -0.1) is 0 Å². The highest BCUT2D eigenvalue weighted by molar-refractivity contribution is 5.74. The fraction of sp³-hybridized carbons (Fsp3) is 0.600. The first-order chi connectivity index (χ1) is 5.45. The van der Waals surface area contributed by atoms with E-state index in [9.17, 15) is 9.59 Å². The van der Waals surface area contributed by atoms with Crippen LogP contribution in [0, 0.1) is 0 Å². The number of hydrogen-bond acceptors (Lipinski definition) is 3. The number of carbonyl (C=O) groups is 2. The molecule has 4 N–H and O–H groups in total. The minimum Gasteiger partial charge on any atom is -0.481 e. The summed E-state index contributed by atoms with van der Waals surface area (Å²) in [6, 6.07) is -1.37. The number of carboxylic acids is 2. The number of aliphatic carboxylic acids is 2. The minimum atomic E-state index is -1.37. The summed E-state index contributed by atoms with van der Waals surface area (Å²) >= 11 is 0. The van der Waals surface area contributed by atoms with E-state index in [1.807, 2.05) is 0 Å². The van der Waals surface area contributed by atoms with Gasteiger partial charge in [-0.05, 0) is 6.42 Å². The van der Waals surface area contributed by atoms with Crippen molar-refractivity contribution in [2.24, 2.45) is 5.72 Å². The molecule has 0 rings (SSSR count). The zero-order chi connectivity index (χ0) is 9.72. The zero-order valence-electron chi connectivity index (χ0n) is 7.15. The number of carboxylic acid groups (broad SMARTS) is 2. The molecule has 0 bridgehead atoms. The Morgan fingerprint density at radius 3 is 2.50 bits per heavy atom. The topological polar surface area (TPSA) is 101 Å². The van der Waals surface area contributed by atoms with Crippen LogP contribution in [-0.4, -0.2) is 28.2 Å². The first-order valence-electron chi connectivity index (χ1n) is 3.56. The molecule has 0 aliphatic heterocycles. The first-order valence-corrected chi connectivity index (χ1v) is 2.66. The Morgan fingerprint density at radius 2 is 2.20 bits per heavy atom. The van der Waals surface area contributed by atoms with Crippen molar-refractivity contribution in [3.05, 3.63) is 0 Å². The summed E-state index contributed by atoms with van der Waals surface area (Å²) < 4.78 is 13.3. The van der Waals surface area contributed by atoms with Gasteiger partial charge in [0, 0.05) is 6.42 Å². The smallest absolute Gasteiger partial charge is 0.320 e. The van der Waals surface area contributed by atoms with E-state index in [1.54, 1.807) is 0 Å². The summed E-state index contributed by atoms with van der Waals surface area (Å²) in [7, 11) is 0. The molecule has 1 atom stereocenters. The number of hydrogen-bond donors (Lipinski definition) is 3. The molecule has 0 aromatic heterocycles. The molecule has 5 heteroatoms. The minimum absolute atomic E-state index is 0.00866. The molecule has 0 radical (unpaired) electrons. The standard InChI is InChI=1S/C5H9NO4/c6-3(5(9)10)1-2-4(7)8/h3H,1-2,6H2,(H,7,8)(H,9,10)/t3-/m0/s1/i/hD2. The van der Waals surface area contributed by atoms with Gasteiger partial charge in [0.2, 0.25) is 0 Å². The Balaban J connectivity index is 3.97. The van der Waals surface area contributed by atoms with Crippen LogP contribution in [0.1, 0.15) is 12.8 Å². The van der Waals surface area contributed by atoms with Crippen LogP contribution >= 0.6 is 0 Å². The summed E-state index contributed by atoms with van der Waals surface area (Å²) in [6.45, 7) is 0. The molecule has 0 aromatic carbocycles. The fourth-order valence-electron chi connectivity index (χ4n) is 0.384. The van der Waals surface area contributed by atoms with Crippen molar-refractivity contribution in [1.82, 2.24) is 0 Å². The van der Waals surface area contributed by atoms with Crippen LogP contribution in [0.5, 0.6) is 0 Å². The van der Waals surface area contributed by atoms with Gasteiger partial charge in [0.1, 0.15) is 8.87 Å². The van der Waals surface area contributed by atoms with E-state index in [-0.39, 0.29) is 18.6 Å². The molecular formula is C5H9NO4. The molecule has 0 fully saturated rings. The Kier molecular flexibility index (Phi) is 2.17. The van der Waals surface area contributed by atoms with E-state index in [0.717, 1.165) is 0 Å². The molecule has 0 aliphatic carbocycles. The largest absolute Gasteiger partial charge is 0.481 e. The van der Waals surface area contributed by atoms with Crippen LogP contribution < -0.4 is 5.72 Å². The highest BCUT2D eigenvalue weighted by Gasteiger charge is 2.12. The van der Waals surface area contributed by atoms with Gasteiger partial charge in [-0.25, -0.2) is 0 Å². The van der Waals surface area contributed by atoms with Crippen LogP contribution in [0.15, 0.2) is 0 Å². The van der Waals surface area contributed by atoms with Gasteiger partial charge >= 0.3 is 11.9 Å². The Hall–Kier alpha value is -1.10. The van der Waals surface area contributed by atoms with Crippen molar-refractivity contribution in [3.8, 4) is 0 Å². The van der Waals surface area contributed by atoms with Gasteiger partial charge in [-0.1, -0.05) is 0 Å². The molecule has 10 heavy (non-hydrogen) atoms. The monoisotopic (exact) mass is 149 g/mol. The SMILES string of the molecule is [2H]N([2H])[C@@H](CCC(=O)O)C(=O)O. The van der Waals surface area contributed by atoms with E-state index >= 15 is 0 Å². The van der Waals surface area contributed by atoms with Gasteiger partial charge in [0.25, 0.3) is 0 Å². The maximum absolute atomic E-state index is 10.3. The molecule has 0 saturated heterocycles. The summed E-state index contributed by atoms with van der Waals surface area (Å²) in [5.74, 6) is -2.50. The van der Waals surface area contributed by atoms with Crippen molar-refractivity contribution >= 4 is 11.9 Å². The summed E-state index contributed by atoms with van der Waals surface area (Å²) in [4.78, 5) is 20.3. The van der Waals surface area contributed by atoms with Gasteiger partial charge in [-0.3, -0.25) is 9.59 Å². The molecular weight excluding hydrogens is 138 g/mol. The molecule has 0 spiro atoms. The van der Waals surface area contributed by atoms with Crippen LogP contribution in [-0.2, 0) is 9.59 Å². The predicted molar refractivity (Wildman–Crippen MR) is 32.5 cm³/mol. The lowest BCUT2D eigenvalue weighted by molar-refractivity contribution is -0.139. The van der Waals surface area contributed by atoms with E-state index in [1.165, 1.54) is 0 Å². The zero-order valence-corrected chi connectivity index (χ0v) is 5.15. The van der Waals surface area contributed by atoms with Crippen molar-refractivity contribution in [3.63, 3.8) is 0 Å². The lowest BCUT2D eigenvalue weighted by Gasteiger charge is -2.01. The third-order valence-corrected chi connectivity index (χ3v) is 0.917. The van der Waals surface area contributed by atoms with E-state index in [4.69, 9.17) is 13.0 Å². The maximum atomic E-state index is 10.3. The highest BCUT2D eigenvalue weighted by Crippen LogP contribution is 1.93. The van der Waals surface area contributed by atoms with Gasteiger partial charge in [0.15, 0.2) is 0 Å². The number of rotatable bonds is 5. The van der Waals surface area contributed by atoms with E-state index in [0.29, 0.717) is 0 Å². The Labute approximate surface area is 60.4 Å². The van der Waals surface area contributed by atoms with Gasteiger partial charge < -0.3 is 15.9 Å². The van der Waals surface area contributed by atoms with Gasteiger partial charge in [0.05, 0.1) is 0 Å². The van der Waals surface area contributed by atoms with Crippen molar-refractivity contribution < 1.29 is 22.6 Å². The second-order valence-corrected chi connectivity index (χ2v) is 1.79. The van der Waals surface area contributed by atoms with Gasteiger partial charge in [-0.2, -0.15) is 0 Å². The summed E-state index contributed by atoms with van der Waals surface area (Å²) in [5, 5.41) is 16.6. The summed E-state index contributed by atoms with van der Waals surface area (Å²) in [6.07, 6.45) is -0.594. The normalized spacial score (nSPS) is 15.7. The van der Waals surface area contributed by atoms with Crippen molar-refractivity contribution in [2.75, 3.05) is 0 Å². The summed E-state index contributed by atoms with van der Waals surface area (Å²) in [5.41, 5.74) is -0.00866. The molecule has 58 valence electrons. The van der Waals surface area contributed by atoms with Crippen LogP contribution in [0.3, 0.4) is 0 Å². The molecule has 0 saturated carbocycles. The maximum Gasteiger partial charge on any atom is 0.320 e. The second kappa shape index (κ2) is 3.84. The average molecular weight is 149 g/mol. The fourth-order valence-corrected chi connectivity index (χ4v) is 0.384. The van der Waals surface area contributed by atoms with Crippen LogP contribution in [0.25, 0.3) is 0 Å². The number of nitrogens with two attached hydrogens (primary N) is 1. The Morgan fingerprint density at radius 1 is 1.60 bits per heavy atom. The van der Waals surface area contributed by atoms with Crippen LogP contribution in [0.2, 0.25) is 2.82 Å². The molecule has 0 heterocycles. The highest BCUT2D eigenvalue weighted by atomic mass is 16.4. The lowest BCUT2D eigenvalue weighted by Crippen LogP contribution is -2.30. The third kappa shape index (κ3) is 3.85. The molecule has 0 aromatic rings. The molecule has 0 amide bonds. The predicted octanol–water partition coefficient (Wildman–Crippen LogP) is -0.737. The average Bonchev–Trinajstić information content (AvgIpc) is 1.84. The second-order valence-electron chi connectivity index (χ2n) is 1.79.